The van der Waals surface area contributed by atoms with E-state index in [9.17, 15) is 66.0 Å². The van der Waals surface area contributed by atoms with Crippen molar-refractivity contribution in [3.05, 3.63) is 119 Å². The van der Waals surface area contributed by atoms with Gasteiger partial charge < -0.3 is 62.3 Å². The molecular formula is C44H52N10O18S2. The molecule has 0 aliphatic heterocycles. The minimum absolute atomic E-state index is 0.0153. The fourth-order valence-electron chi connectivity index (χ4n) is 6.40. The van der Waals surface area contributed by atoms with Gasteiger partial charge in [0.2, 0.25) is 0 Å². The van der Waals surface area contributed by atoms with Gasteiger partial charge in [-0.3, -0.25) is 19.2 Å². The van der Waals surface area contributed by atoms with E-state index in [1.807, 2.05) is 0 Å². The summed E-state index contributed by atoms with van der Waals surface area (Å²) in [6.45, 7) is -4.08. The van der Waals surface area contributed by atoms with Crippen molar-refractivity contribution in [2.75, 3.05) is 39.5 Å². The van der Waals surface area contributed by atoms with Crippen molar-refractivity contribution in [3.63, 3.8) is 0 Å². The monoisotopic (exact) mass is 1070 g/mol. The predicted molar refractivity (Wildman–Crippen MR) is 261 cm³/mol. The third kappa shape index (κ3) is 19.1. The van der Waals surface area contributed by atoms with E-state index < -0.39 is 121 Å². The molecule has 0 unspecified atom stereocenters. The van der Waals surface area contributed by atoms with Crippen molar-refractivity contribution in [3.8, 4) is 11.5 Å². The van der Waals surface area contributed by atoms with Gasteiger partial charge in [-0.25, -0.2) is 19.6 Å². The molecule has 0 spiro atoms. The van der Waals surface area contributed by atoms with E-state index in [1.54, 1.807) is 0 Å². The lowest BCUT2D eigenvalue weighted by Crippen LogP contribution is -2.52. The zero-order chi connectivity index (χ0) is 54.6. The molecule has 4 rings (SSSR count). The molecule has 0 heterocycles. The highest BCUT2D eigenvalue weighted by Gasteiger charge is 2.38. The van der Waals surface area contributed by atoms with E-state index in [-0.39, 0.29) is 58.9 Å². The summed E-state index contributed by atoms with van der Waals surface area (Å²) in [6, 6.07) is 18.6. The van der Waals surface area contributed by atoms with Crippen LogP contribution in [0.2, 0.25) is 0 Å². The number of nitrogens with two attached hydrogens (primary N) is 4. The maximum atomic E-state index is 13.6. The smallest absolute Gasteiger partial charge is 0.343 e. The van der Waals surface area contributed by atoms with Gasteiger partial charge in [0.15, 0.2) is 11.9 Å². The van der Waals surface area contributed by atoms with E-state index in [2.05, 4.69) is 19.4 Å². The van der Waals surface area contributed by atoms with Crippen LogP contribution in [0.15, 0.2) is 107 Å². The number of carbonyl (C=O) groups is 6. The fraction of sp³-hybridized carbons (Fsp3) is 0.273. The zero-order valence-corrected chi connectivity index (χ0v) is 40.5. The van der Waals surface area contributed by atoms with Crippen LogP contribution in [0.4, 0.5) is 11.4 Å². The van der Waals surface area contributed by atoms with Gasteiger partial charge in [0, 0.05) is 26.2 Å². The van der Waals surface area contributed by atoms with Gasteiger partial charge in [-0.15, -0.1) is 0 Å². The van der Waals surface area contributed by atoms with Crippen LogP contribution >= 0.6 is 0 Å². The summed E-state index contributed by atoms with van der Waals surface area (Å²) in [5, 5.41) is 38.5. The number of nitrogens with zero attached hydrogens (tertiary/aromatic N) is 4. The van der Waals surface area contributed by atoms with Gasteiger partial charge >= 0.3 is 35.8 Å². The Balaban J connectivity index is 1.34. The third-order valence-electron chi connectivity index (χ3n) is 9.76. The first-order valence-electron chi connectivity index (χ1n) is 21.5. The summed E-state index contributed by atoms with van der Waals surface area (Å²) in [4.78, 5) is 80.8. The first-order valence-corrected chi connectivity index (χ1v) is 24.4. The Bertz CT molecular complexity index is 2720. The number of rotatable bonds is 31. The molecule has 30 heteroatoms. The van der Waals surface area contributed by atoms with Crippen LogP contribution in [0, 0.1) is 0 Å². The maximum Gasteiger partial charge on any atom is 0.343 e. The number of benzene rings is 4. The highest BCUT2D eigenvalue weighted by Crippen LogP contribution is 2.21. The Morgan fingerprint density at radius 2 is 0.878 bits per heavy atom. The molecule has 398 valence electrons. The molecule has 0 bridgehead atoms. The first-order chi connectivity index (χ1) is 34.9. The molecule has 0 fully saturated rings. The van der Waals surface area contributed by atoms with E-state index in [0.717, 1.165) is 0 Å². The number of carbonyl (C=O) groups excluding carboxylic acids is 2. The van der Waals surface area contributed by atoms with E-state index in [4.69, 9.17) is 41.9 Å². The summed E-state index contributed by atoms with van der Waals surface area (Å²) in [7, 11) is -9.58. The molecule has 14 N–H and O–H groups in total. The second-order valence-electron chi connectivity index (χ2n) is 15.2. The van der Waals surface area contributed by atoms with Crippen molar-refractivity contribution in [2.24, 2.45) is 32.9 Å². The SMILES string of the molecule is NC(N)=Nc1ccc(C(=O)Oc2cccc(CNS(=O)(=O)N(CCOCCOCCN([C@@H](CC(=O)O)C(=O)O)S(=O)(=O)NCc3cccc(OC(=O)c4ccc(N=C(N)N)cc4)c3)[C@@H](CC(=O)O)C(=O)O)c2)cc1. The quantitative estimate of drug-likeness (QED) is 0.0103. The number of hydrogen-bond acceptors (Lipinski definition) is 16. The van der Waals surface area contributed by atoms with Crippen LogP contribution in [0.3, 0.4) is 0 Å². The van der Waals surface area contributed by atoms with Gasteiger partial charge in [0.05, 0.1) is 61.8 Å². The topological polar surface area (TPSA) is 448 Å². The fourth-order valence-corrected chi connectivity index (χ4v) is 9.06. The summed E-state index contributed by atoms with van der Waals surface area (Å²) >= 11 is 0. The van der Waals surface area contributed by atoms with Crippen LogP contribution in [0.5, 0.6) is 11.5 Å². The van der Waals surface area contributed by atoms with Gasteiger partial charge in [-0.05, 0) is 83.9 Å². The normalized spacial score (nSPS) is 12.3. The van der Waals surface area contributed by atoms with Crippen molar-refractivity contribution in [1.82, 2.24) is 18.1 Å². The number of esters is 2. The number of hydrogen-bond donors (Lipinski definition) is 10. The molecule has 4 aromatic carbocycles. The van der Waals surface area contributed by atoms with Crippen LogP contribution in [0.25, 0.3) is 0 Å². The Morgan fingerprint density at radius 3 is 1.19 bits per heavy atom. The second-order valence-corrected chi connectivity index (χ2v) is 18.7. The van der Waals surface area contributed by atoms with Crippen molar-refractivity contribution in [1.29, 1.82) is 0 Å². The number of aliphatic imine (C=N–C) groups is 2. The molecule has 0 aromatic heterocycles. The lowest BCUT2D eigenvalue weighted by Gasteiger charge is -2.27. The molecular weight excluding hydrogens is 1020 g/mol. The van der Waals surface area contributed by atoms with Crippen LogP contribution in [0.1, 0.15) is 44.7 Å². The Labute approximate surface area is 422 Å². The lowest BCUT2D eigenvalue weighted by atomic mass is 10.2. The number of nitrogens with one attached hydrogen (secondary N) is 2. The summed E-state index contributed by atoms with van der Waals surface area (Å²) < 4.78 is 81.0. The van der Waals surface area contributed by atoms with E-state index >= 15 is 0 Å². The highest BCUT2D eigenvalue weighted by atomic mass is 32.2. The average Bonchev–Trinajstić information content (AvgIpc) is 3.32. The Morgan fingerprint density at radius 1 is 0.527 bits per heavy atom. The van der Waals surface area contributed by atoms with Gasteiger partial charge in [-0.1, -0.05) is 24.3 Å². The molecule has 0 saturated carbocycles. The Hall–Kier alpha value is -8.10. The minimum Gasteiger partial charge on any atom is -0.481 e. The average molecular weight is 1070 g/mol. The third-order valence-corrected chi connectivity index (χ3v) is 12.9. The van der Waals surface area contributed by atoms with E-state index in [0.29, 0.717) is 20.0 Å². The standard InChI is InChI=1S/C44H52N10O18S2/c45-43(46)51-31-11-7-29(8-12-31)41(63)71-33-5-1-3-27(21-33)25-49-73(65,66)53(35(39(59)60)23-37(55)56)15-17-69-19-20-70-18-16-54(36(40(61)62)24-38(57)58)74(67,68)50-26-28-4-2-6-34(22-28)72-42(64)30-9-13-32(14-10-30)52-44(47)48/h1-14,21-22,35-36,49-50H,15-20,23-26H2,(H,55,56)(H,57,58)(H,59,60)(H,61,62)(H4,45,46,51)(H4,47,48,52)/t35-,36-/m0/s1. The number of carboxylic acids is 4. The van der Waals surface area contributed by atoms with Crippen molar-refractivity contribution in [2.45, 2.75) is 38.0 Å². The second kappa shape index (κ2) is 27.6. The molecule has 28 nitrogen and oxygen atoms in total. The van der Waals surface area contributed by atoms with Crippen LogP contribution in [-0.2, 0) is 62.2 Å². The van der Waals surface area contributed by atoms with E-state index in [1.165, 1.54) is 97.1 Å². The number of aliphatic carboxylic acids is 4. The van der Waals surface area contributed by atoms with Gasteiger partial charge in [0.25, 0.3) is 20.4 Å². The molecule has 0 aliphatic rings. The van der Waals surface area contributed by atoms with Crippen molar-refractivity contribution < 1.29 is 85.0 Å². The number of ether oxygens (including phenoxy) is 4. The molecule has 0 radical (unpaired) electrons. The molecule has 2 atom stereocenters. The number of carboxylic acid groups (broad SMARTS) is 4. The number of guanidine groups is 2. The van der Waals surface area contributed by atoms with Gasteiger partial charge in [0.1, 0.15) is 23.6 Å². The van der Waals surface area contributed by atoms with Gasteiger partial charge in [-0.2, -0.15) is 34.9 Å². The minimum atomic E-state index is -4.79. The summed E-state index contributed by atoms with van der Waals surface area (Å²) in [5.41, 5.74) is 23.0. The largest absolute Gasteiger partial charge is 0.481 e. The molecule has 0 amide bonds. The molecule has 74 heavy (non-hydrogen) atoms. The summed E-state index contributed by atoms with van der Waals surface area (Å²) in [6.07, 6.45) is -2.29. The maximum absolute atomic E-state index is 13.6. The van der Waals surface area contributed by atoms with Crippen molar-refractivity contribution >= 4 is 79.5 Å². The lowest BCUT2D eigenvalue weighted by molar-refractivity contribution is -0.148. The Kier molecular flexibility index (Phi) is 21.8. The zero-order valence-electron chi connectivity index (χ0n) is 38.9. The highest BCUT2D eigenvalue weighted by molar-refractivity contribution is 7.87. The summed E-state index contributed by atoms with van der Waals surface area (Å²) in [5.74, 6) is -8.75. The molecule has 4 aromatic rings. The molecule has 0 saturated heterocycles. The first kappa shape index (κ1) is 58.5. The van der Waals surface area contributed by atoms with Crippen LogP contribution < -0.4 is 41.9 Å². The molecule has 0 aliphatic carbocycles. The predicted octanol–water partition coefficient (Wildman–Crippen LogP) is -0.203. The van der Waals surface area contributed by atoms with Crippen LogP contribution in [-0.4, -0.2) is 145 Å².